The molecule has 0 spiro atoms. The lowest BCUT2D eigenvalue weighted by Gasteiger charge is -2.01. The van der Waals surface area contributed by atoms with Gasteiger partial charge in [0.2, 0.25) is 5.88 Å². The Hall–Kier alpha value is -2.17. The Morgan fingerprint density at radius 3 is 2.87 bits per heavy atom. The van der Waals surface area contributed by atoms with Gasteiger partial charge in [-0.05, 0) is 18.2 Å². The maximum absolute atomic E-state index is 10.7. The lowest BCUT2D eigenvalue weighted by atomic mass is 10.2. The van der Waals surface area contributed by atoms with Gasteiger partial charge in [-0.3, -0.25) is 0 Å². The van der Waals surface area contributed by atoms with Crippen molar-refractivity contribution in [3.05, 3.63) is 30.0 Å². The number of nitrogens with zero attached hydrogens (tertiary/aromatic N) is 2. The number of benzene rings is 1. The molecule has 0 saturated carbocycles. The van der Waals surface area contributed by atoms with Crippen molar-refractivity contribution >= 4 is 17.0 Å². The number of methoxy groups -OCH3 is 1. The van der Waals surface area contributed by atoms with Crippen LogP contribution in [0.3, 0.4) is 0 Å². The van der Waals surface area contributed by atoms with E-state index in [-0.39, 0.29) is 5.56 Å². The van der Waals surface area contributed by atoms with Crippen LogP contribution in [-0.4, -0.2) is 28.2 Å². The van der Waals surface area contributed by atoms with E-state index in [0.29, 0.717) is 16.9 Å². The monoisotopic (exact) mass is 204 g/mol. The number of aromatic nitrogens is 2. The number of carbonyl (C=O) groups is 1. The van der Waals surface area contributed by atoms with Gasteiger partial charge in [-0.2, -0.15) is 0 Å². The van der Waals surface area contributed by atoms with E-state index in [1.165, 1.54) is 25.4 Å². The van der Waals surface area contributed by atoms with Gasteiger partial charge < -0.3 is 9.84 Å². The van der Waals surface area contributed by atoms with Gasteiger partial charge in [-0.15, -0.1) is 0 Å². The van der Waals surface area contributed by atoms with Gasteiger partial charge in [-0.25, -0.2) is 14.8 Å². The van der Waals surface area contributed by atoms with Crippen molar-refractivity contribution in [1.29, 1.82) is 0 Å². The number of rotatable bonds is 2. The summed E-state index contributed by atoms with van der Waals surface area (Å²) in [4.78, 5) is 18.9. The molecule has 0 bridgehead atoms. The van der Waals surface area contributed by atoms with Crippen molar-refractivity contribution in [2.24, 2.45) is 0 Å². The summed E-state index contributed by atoms with van der Waals surface area (Å²) in [6.45, 7) is 0. The molecule has 0 amide bonds. The maximum atomic E-state index is 10.7. The molecule has 1 N–H and O–H groups in total. The maximum Gasteiger partial charge on any atom is 0.335 e. The highest BCUT2D eigenvalue weighted by atomic mass is 16.5. The molecule has 76 valence electrons. The molecule has 2 rings (SSSR count). The van der Waals surface area contributed by atoms with Crippen molar-refractivity contribution in [2.45, 2.75) is 0 Å². The van der Waals surface area contributed by atoms with Gasteiger partial charge in [0.25, 0.3) is 0 Å². The van der Waals surface area contributed by atoms with Crippen molar-refractivity contribution in [1.82, 2.24) is 9.97 Å². The first kappa shape index (κ1) is 9.39. The molecule has 5 nitrogen and oxygen atoms in total. The molecule has 1 heterocycles. The number of aromatic carboxylic acids is 1. The molecule has 0 fully saturated rings. The Bertz CT molecular complexity index is 525. The summed E-state index contributed by atoms with van der Waals surface area (Å²) in [6.07, 6.45) is 1.45. The SMILES string of the molecule is COc1cnc2cc(C(=O)O)ccc2n1. The Kier molecular flexibility index (Phi) is 2.21. The lowest BCUT2D eigenvalue weighted by Crippen LogP contribution is -1.97. The normalized spacial score (nSPS) is 10.2. The third-order valence-electron chi connectivity index (χ3n) is 1.98. The van der Waals surface area contributed by atoms with Crippen LogP contribution in [0.25, 0.3) is 11.0 Å². The summed E-state index contributed by atoms with van der Waals surface area (Å²) in [5.74, 6) is -0.569. The van der Waals surface area contributed by atoms with Gasteiger partial charge in [0.1, 0.15) is 0 Å². The van der Waals surface area contributed by atoms with Crippen molar-refractivity contribution in [3.63, 3.8) is 0 Å². The van der Waals surface area contributed by atoms with Crippen molar-refractivity contribution in [2.75, 3.05) is 7.11 Å². The van der Waals surface area contributed by atoms with E-state index in [9.17, 15) is 4.79 Å². The minimum absolute atomic E-state index is 0.196. The van der Waals surface area contributed by atoms with Crippen LogP contribution in [0.1, 0.15) is 10.4 Å². The minimum atomic E-state index is -0.977. The van der Waals surface area contributed by atoms with Crippen LogP contribution in [0, 0.1) is 0 Å². The van der Waals surface area contributed by atoms with E-state index >= 15 is 0 Å². The second-order valence-electron chi connectivity index (χ2n) is 2.92. The molecular formula is C10H8N2O3. The molecule has 0 saturated heterocycles. The second kappa shape index (κ2) is 3.53. The Balaban J connectivity index is 2.59. The predicted octanol–water partition coefficient (Wildman–Crippen LogP) is 1.34. The third-order valence-corrected chi connectivity index (χ3v) is 1.98. The number of carboxylic acid groups (broad SMARTS) is 1. The molecule has 1 aromatic heterocycles. The zero-order valence-corrected chi connectivity index (χ0v) is 7.97. The number of hydrogen-bond acceptors (Lipinski definition) is 4. The van der Waals surface area contributed by atoms with Crippen LogP contribution < -0.4 is 4.74 Å². The zero-order valence-electron chi connectivity index (χ0n) is 7.97. The van der Waals surface area contributed by atoms with Crippen LogP contribution in [0.4, 0.5) is 0 Å². The van der Waals surface area contributed by atoms with Crippen LogP contribution >= 0.6 is 0 Å². The molecule has 0 radical (unpaired) electrons. The topological polar surface area (TPSA) is 72.3 Å². The largest absolute Gasteiger partial charge is 0.480 e. The summed E-state index contributed by atoms with van der Waals surface area (Å²) in [5.41, 5.74) is 1.34. The lowest BCUT2D eigenvalue weighted by molar-refractivity contribution is 0.0697. The molecule has 0 aliphatic heterocycles. The van der Waals surface area contributed by atoms with Gasteiger partial charge in [-0.1, -0.05) is 0 Å². The van der Waals surface area contributed by atoms with Gasteiger partial charge in [0, 0.05) is 0 Å². The van der Waals surface area contributed by atoms with E-state index in [1.807, 2.05) is 0 Å². The quantitative estimate of drug-likeness (QED) is 0.799. The summed E-state index contributed by atoms with van der Waals surface area (Å²) < 4.78 is 4.91. The molecular weight excluding hydrogens is 196 g/mol. The number of carboxylic acids is 1. The summed E-state index contributed by atoms with van der Waals surface area (Å²) in [5, 5.41) is 8.77. The fourth-order valence-corrected chi connectivity index (χ4v) is 1.23. The average Bonchev–Trinajstić information content (AvgIpc) is 2.27. The van der Waals surface area contributed by atoms with Crippen LogP contribution in [0.2, 0.25) is 0 Å². The van der Waals surface area contributed by atoms with Crippen LogP contribution in [-0.2, 0) is 0 Å². The number of fused-ring (bicyclic) bond motifs is 1. The van der Waals surface area contributed by atoms with Crippen LogP contribution in [0.15, 0.2) is 24.4 Å². The van der Waals surface area contributed by atoms with E-state index in [1.54, 1.807) is 6.07 Å². The number of ether oxygens (including phenoxy) is 1. The molecule has 1 aromatic carbocycles. The fraction of sp³-hybridized carbons (Fsp3) is 0.100. The predicted molar refractivity (Wildman–Crippen MR) is 53.0 cm³/mol. The van der Waals surface area contributed by atoms with Gasteiger partial charge >= 0.3 is 5.97 Å². The molecule has 0 unspecified atom stereocenters. The minimum Gasteiger partial charge on any atom is -0.480 e. The first-order valence-corrected chi connectivity index (χ1v) is 4.25. The molecule has 2 aromatic rings. The van der Waals surface area contributed by atoms with E-state index in [0.717, 1.165) is 0 Å². The smallest absolute Gasteiger partial charge is 0.335 e. The first-order chi connectivity index (χ1) is 7.20. The van der Waals surface area contributed by atoms with Gasteiger partial charge in [0.15, 0.2) is 0 Å². The van der Waals surface area contributed by atoms with Gasteiger partial charge in [0.05, 0.1) is 29.9 Å². The molecule has 15 heavy (non-hydrogen) atoms. The highest BCUT2D eigenvalue weighted by molar-refractivity contribution is 5.92. The standard InChI is InChI=1S/C10H8N2O3/c1-15-9-5-11-8-4-6(10(13)14)2-3-7(8)12-9/h2-5H,1H3,(H,13,14). The molecule has 0 atom stereocenters. The first-order valence-electron chi connectivity index (χ1n) is 4.25. The van der Waals surface area contributed by atoms with Crippen LogP contribution in [0.5, 0.6) is 5.88 Å². The molecule has 5 heteroatoms. The molecule has 0 aliphatic carbocycles. The second-order valence-corrected chi connectivity index (χ2v) is 2.92. The summed E-state index contributed by atoms with van der Waals surface area (Å²) in [6, 6.07) is 4.57. The van der Waals surface area contributed by atoms with E-state index < -0.39 is 5.97 Å². The Labute approximate surface area is 85.4 Å². The Morgan fingerprint density at radius 1 is 1.40 bits per heavy atom. The highest BCUT2D eigenvalue weighted by Crippen LogP contribution is 2.14. The average molecular weight is 204 g/mol. The highest BCUT2D eigenvalue weighted by Gasteiger charge is 2.05. The summed E-state index contributed by atoms with van der Waals surface area (Å²) in [7, 11) is 1.50. The van der Waals surface area contributed by atoms with E-state index in [4.69, 9.17) is 9.84 Å². The van der Waals surface area contributed by atoms with Crippen molar-refractivity contribution < 1.29 is 14.6 Å². The number of hydrogen-bond donors (Lipinski definition) is 1. The molecule has 0 aliphatic rings. The zero-order chi connectivity index (χ0) is 10.8. The summed E-state index contributed by atoms with van der Waals surface area (Å²) >= 11 is 0. The fourth-order valence-electron chi connectivity index (χ4n) is 1.23. The van der Waals surface area contributed by atoms with E-state index in [2.05, 4.69) is 9.97 Å². The third kappa shape index (κ3) is 1.71. The van der Waals surface area contributed by atoms with Crippen molar-refractivity contribution in [3.8, 4) is 5.88 Å². The Morgan fingerprint density at radius 2 is 2.20 bits per heavy atom.